The summed E-state index contributed by atoms with van der Waals surface area (Å²) < 4.78 is 7.55. The molecule has 28 heavy (non-hydrogen) atoms. The zero-order valence-corrected chi connectivity index (χ0v) is 17.2. The van der Waals surface area contributed by atoms with Crippen LogP contribution in [-0.4, -0.2) is 22.7 Å². The van der Waals surface area contributed by atoms with Gasteiger partial charge in [-0.1, -0.05) is 41.1 Å². The zero-order chi connectivity index (χ0) is 19.3. The number of Topliss-reactive ketones (excluding diaryl/α,β-unsaturated/α-hetero) is 1. The minimum Gasteiger partial charge on any atom is -0.493 e. The number of hydrogen-bond donors (Lipinski definition) is 0. The second-order valence-electron chi connectivity index (χ2n) is 6.95. The van der Waals surface area contributed by atoms with Crippen LogP contribution in [0.3, 0.4) is 0 Å². The van der Waals surface area contributed by atoms with Gasteiger partial charge in [0.25, 0.3) is 0 Å². The summed E-state index contributed by atoms with van der Waals surface area (Å²) in [5, 5.41) is 1.51. The third-order valence-corrected chi connectivity index (χ3v) is 7.99. The molecule has 3 heterocycles. The Balaban J connectivity index is 1.53. The molecule has 2 atom stereocenters. The first-order chi connectivity index (χ1) is 13.6. The quantitative estimate of drug-likeness (QED) is 0.566. The smallest absolute Gasteiger partial charge is 0.308 e. The van der Waals surface area contributed by atoms with Gasteiger partial charge >= 0.3 is 4.87 Å². The lowest BCUT2D eigenvalue weighted by Gasteiger charge is -2.36. The minimum atomic E-state index is -0.0885. The molecular formula is C21H16ClNO3S2. The van der Waals surface area contributed by atoms with E-state index in [2.05, 4.69) is 6.07 Å². The number of halogens is 1. The Morgan fingerprint density at radius 1 is 1.18 bits per heavy atom. The molecule has 5 rings (SSSR count). The van der Waals surface area contributed by atoms with Crippen LogP contribution in [0.15, 0.2) is 58.4 Å². The molecular weight excluding hydrogens is 414 g/mol. The van der Waals surface area contributed by atoms with Gasteiger partial charge in [0.05, 0.1) is 18.2 Å². The molecule has 0 amide bonds. The average Bonchev–Trinajstić information content (AvgIpc) is 3.03. The maximum absolute atomic E-state index is 12.8. The number of nitrogens with zero attached hydrogens (tertiary/aromatic N) is 1. The number of ether oxygens (including phenoxy) is 1. The van der Waals surface area contributed by atoms with Crippen molar-refractivity contribution in [1.29, 1.82) is 0 Å². The van der Waals surface area contributed by atoms with E-state index in [1.165, 1.54) is 11.3 Å². The van der Waals surface area contributed by atoms with Gasteiger partial charge in [0.2, 0.25) is 0 Å². The van der Waals surface area contributed by atoms with Gasteiger partial charge < -0.3 is 4.74 Å². The summed E-state index contributed by atoms with van der Waals surface area (Å²) in [6.07, 6.45) is 0. The number of benzene rings is 2. The van der Waals surface area contributed by atoms with Crippen LogP contribution in [-0.2, 0) is 6.54 Å². The molecule has 0 saturated heterocycles. The van der Waals surface area contributed by atoms with Crippen molar-refractivity contribution in [2.24, 2.45) is 5.92 Å². The van der Waals surface area contributed by atoms with Crippen LogP contribution in [0, 0.1) is 5.92 Å². The lowest BCUT2D eigenvalue weighted by atomic mass is 9.84. The van der Waals surface area contributed by atoms with Gasteiger partial charge in [-0.15, -0.1) is 11.8 Å². The first-order valence-corrected chi connectivity index (χ1v) is 11.2. The van der Waals surface area contributed by atoms with E-state index in [9.17, 15) is 9.59 Å². The summed E-state index contributed by atoms with van der Waals surface area (Å²) in [4.78, 5) is 26.5. The number of aromatic nitrogens is 1. The van der Waals surface area contributed by atoms with Gasteiger partial charge in [-0.3, -0.25) is 14.2 Å². The largest absolute Gasteiger partial charge is 0.493 e. The normalized spacial score (nSPS) is 19.9. The van der Waals surface area contributed by atoms with E-state index in [4.69, 9.17) is 16.3 Å². The van der Waals surface area contributed by atoms with Crippen molar-refractivity contribution < 1.29 is 9.53 Å². The van der Waals surface area contributed by atoms with Gasteiger partial charge in [-0.2, -0.15) is 0 Å². The molecule has 1 aromatic heterocycles. The van der Waals surface area contributed by atoms with E-state index in [1.807, 2.05) is 18.2 Å². The summed E-state index contributed by atoms with van der Waals surface area (Å²) in [5.74, 6) is 2.18. The SMILES string of the molecule is O=C(Cn1c2c(sc1=O)[C@@H]1c3ccccc3OC[C@H]1CS2)c1ccc(Cl)cc1. The number of carbonyl (C=O) groups excluding carboxylic acids is 1. The second-order valence-corrected chi connectivity index (χ2v) is 9.39. The van der Waals surface area contributed by atoms with E-state index in [1.54, 1.807) is 40.6 Å². The Morgan fingerprint density at radius 3 is 2.79 bits per heavy atom. The molecule has 0 aliphatic carbocycles. The molecule has 142 valence electrons. The van der Waals surface area contributed by atoms with Crippen LogP contribution in [0.4, 0.5) is 0 Å². The number of fused-ring (bicyclic) bond motifs is 5. The summed E-state index contributed by atoms with van der Waals surface area (Å²) in [6.45, 7) is 0.707. The molecule has 4 nitrogen and oxygen atoms in total. The van der Waals surface area contributed by atoms with Crippen LogP contribution < -0.4 is 9.61 Å². The highest BCUT2D eigenvalue weighted by atomic mass is 35.5. The Labute approximate surface area is 175 Å². The van der Waals surface area contributed by atoms with Gasteiger partial charge in [0, 0.05) is 38.6 Å². The van der Waals surface area contributed by atoms with Crippen molar-refractivity contribution in [3.63, 3.8) is 0 Å². The van der Waals surface area contributed by atoms with E-state index in [-0.39, 0.29) is 23.1 Å². The third kappa shape index (κ3) is 3.00. The van der Waals surface area contributed by atoms with Crippen molar-refractivity contribution in [2.45, 2.75) is 17.5 Å². The molecule has 0 spiro atoms. The molecule has 0 unspecified atom stereocenters. The molecule has 2 aliphatic heterocycles. The monoisotopic (exact) mass is 429 g/mol. The topological polar surface area (TPSA) is 48.3 Å². The standard InChI is InChI=1S/C21H16ClNO3S2/c22-14-7-5-12(6-8-14)16(24)9-23-20-19(28-21(23)25)18-13(11-27-20)10-26-17-4-2-1-3-15(17)18/h1-8,13,18H,9-11H2/t13-,18-/m0/s1. The minimum absolute atomic E-state index is 0.0504. The number of para-hydroxylation sites is 1. The van der Waals surface area contributed by atoms with Crippen molar-refractivity contribution in [3.05, 3.63) is 79.2 Å². The fourth-order valence-electron chi connectivity index (χ4n) is 3.86. The summed E-state index contributed by atoms with van der Waals surface area (Å²) in [7, 11) is 0. The highest BCUT2D eigenvalue weighted by Gasteiger charge is 2.39. The van der Waals surface area contributed by atoms with Gasteiger partial charge in [0.1, 0.15) is 5.75 Å². The molecule has 2 aromatic carbocycles. The number of ketones is 1. The number of thioether (sulfide) groups is 1. The molecule has 0 saturated carbocycles. The lowest BCUT2D eigenvalue weighted by molar-refractivity contribution is 0.0968. The molecule has 3 aromatic rings. The predicted molar refractivity (Wildman–Crippen MR) is 112 cm³/mol. The Bertz CT molecular complexity index is 1120. The molecule has 0 N–H and O–H groups in total. The van der Waals surface area contributed by atoms with E-state index < -0.39 is 0 Å². The fourth-order valence-corrected chi connectivity index (χ4v) is 6.68. The van der Waals surface area contributed by atoms with Crippen LogP contribution in [0.25, 0.3) is 0 Å². The number of thiazole rings is 1. The van der Waals surface area contributed by atoms with Crippen molar-refractivity contribution in [3.8, 4) is 5.75 Å². The maximum Gasteiger partial charge on any atom is 0.308 e. The van der Waals surface area contributed by atoms with Gasteiger partial charge in [-0.05, 0) is 30.3 Å². The van der Waals surface area contributed by atoms with Crippen molar-refractivity contribution in [1.82, 2.24) is 4.57 Å². The lowest BCUT2D eigenvalue weighted by Crippen LogP contribution is -2.31. The summed E-state index contributed by atoms with van der Waals surface area (Å²) >= 11 is 8.83. The molecule has 7 heteroatoms. The predicted octanol–water partition coefficient (Wildman–Crippen LogP) is 4.69. The number of hydrogen-bond acceptors (Lipinski definition) is 5. The maximum atomic E-state index is 12.8. The van der Waals surface area contributed by atoms with Crippen LogP contribution in [0.2, 0.25) is 5.02 Å². The van der Waals surface area contributed by atoms with Crippen LogP contribution in [0.1, 0.15) is 26.7 Å². The molecule has 0 fully saturated rings. The third-order valence-electron chi connectivity index (χ3n) is 5.24. The first-order valence-electron chi connectivity index (χ1n) is 8.98. The number of rotatable bonds is 3. The fraction of sp³-hybridized carbons (Fsp3) is 0.238. The second kappa shape index (κ2) is 7.10. The van der Waals surface area contributed by atoms with Crippen molar-refractivity contribution in [2.75, 3.05) is 12.4 Å². The van der Waals surface area contributed by atoms with E-state index in [0.29, 0.717) is 23.1 Å². The average molecular weight is 430 g/mol. The summed E-state index contributed by atoms with van der Waals surface area (Å²) in [5.41, 5.74) is 1.70. The highest BCUT2D eigenvalue weighted by Crippen LogP contribution is 2.50. The van der Waals surface area contributed by atoms with E-state index >= 15 is 0 Å². The number of carbonyl (C=O) groups is 1. The molecule has 0 bridgehead atoms. The van der Waals surface area contributed by atoms with Gasteiger partial charge in [0.15, 0.2) is 5.78 Å². The van der Waals surface area contributed by atoms with Crippen molar-refractivity contribution >= 4 is 40.5 Å². The Kier molecular flexibility index (Phi) is 4.57. The van der Waals surface area contributed by atoms with Crippen LogP contribution >= 0.6 is 34.7 Å². The Hall–Kier alpha value is -2.02. The zero-order valence-electron chi connectivity index (χ0n) is 14.8. The Morgan fingerprint density at radius 2 is 1.96 bits per heavy atom. The molecule has 2 aliphatic rings. The van der Waals surface area contributed by atoms with Crippen LogP contribution in [0.5, 0.6) is 5.75 Å². The highest BCUT2D eigenvalue weighted by molar-refractivity contribution is 7.99. The molecule has 0 radical (unpaired) electrons. The van der Waals surface area contributed by atoms with Gasteiger partial charge in [-0.25, -0.2) is 0 Å². The van der Waals surface area contributed by atoms with E-state index in [0.717, 1.165) is 27.0 Å². The first kappa shape index (κ1) is 18.0. The summed E-state index contributed by atoms with van der Waals surface area (Å²) in [6, 6.07) is 14.8.